The lowest BCUT2D eigenvalue weighted by Crippen LogP contribution is -2.27. The first-order chi connectivity index (χ1) is 17.2. The molecule has 4 heterocycles. The monoisotopic (exact) mass is 497 g/mol. The second-order valence-corrected chi connectivity index (χ2v) is 7.76. The average Bonchev–Trinajstić information content (AvgIpc) is 3.51. The van der Waals surface area contributed by atoms with E-state index in [2.05, 4.69) is 35.4 Å². The number of rotatable bonds is 5. The Bertz CT molecular complexity index is 1580. The van der Waals surface area contributed by atoms with Crippen molar-refractivity contribution in [3.05, 3.63) is 77.9 Å². The van der Waals surface area contributed by atoms with Crippen molar-refractivity contribution < 1.29 is 26.9 Å². The highest BCUT2D eigenvalue weighted by atomic mass is 19.4. The Kier molecular flexibility index (Phi) is 5.66. The minimum Gasteiger partial charge on any atom is -0.353 e. The molecular formula is C23H15F4N7O2. The van der Waals surface area contributed by atoms with E-state index in [0.717, 1.165) is 18.5 Å². The van der Waals surface area contributed by atoms with Crippen molar-refractivity contribution in [2.45, 2.75) is 19.1 Å². The van der Waals surface area contributed by atoms with Gasteiger partial charge in [0.05, 0.1) is 33.9 Å². The van der Waals surface area contributed by atoms with Gasteiger partial charge in [-0.15, -0.1) is 0 Å². The van der Waals surface area contributed by atoms with Crippen LogP contribution in [0.4, 0.5) is 17.6 Å². The number of nitrogens with zero attached hydrogens (tertiary/aromatic N) is 5. The van der Waals surface area contributed by atoms with Crippen molar-refractivity contribution in [3.63, 3.8) is 0 Å². The first-order valence-corrected chi connectivity index (χ1v) is 10.5. The quantitative estimate of drug-likeness (QED) is 0.266. The lowest BCUT2D eigenvalue weighted by atomic mass is 10.1. The number of pyridine rings is 1. The molecule has 9 nitrogen and oxygen atoms in total. The van der Waals surface area contributed by atoms with E-state index in [-0.39, 0.29) is 34.1 Å². The maximum absolute atomic E-state index is 14.0. The van der Waals surface area contributed by atoms with Crippen LogP contribution in [0, 0.1) is 5.95 Å². The fraction of sp³-hybridized carbons (Fsp3) is 0.130. The zero-order valence-corrected chi connectivity index (χ0v) is 18.3. The smallest absolute Gasteiger partial charge is 0.353 e. The lowest BCUT2D eigenvalue weighted by Gasteiger charge is -2.10. The highest BCUT2D eigenvalue weighted by Gasteiger charge is 2.31. The zero-order valence-electron chi connectivity index (χ0n) is 18.3. The molecule has 13 heteroatoms. The number of fused-ring (bicyclic) bond motifs is 1. The molecule has 0 aliphatic rings. The number of halogens is 4. The molecule has 36 heavy (non-hydrogen) atoms. The van der Waals surface area contributed by atoms with Gasteiger partial charge < -0.3 is 14.8 Å². The summed E-state index contributed by atoms with van der Waals surface area (Å²) in [7, 11) is 0. The average molecular weight is 497 g/mol. The summed E-state index contributed by atoms with van der Waals surface area (Å²) in [6, 6.07) is 8.38. The molecule has 4 aromatic heterocycles. The van der Waals surface area contributed by atoms with Gasteiger partial charge in [-0.1, -0.05) is 5.16 Å². The van der Waals surface area contributed by atoms with Crippen LogP contribution in [0.1, 0.15) is 34.7 Å². The summed E-state index contributed by atoms with van der Waals surface area (Å²) in [5.41, 5.74) is 0.343. The van der Waals surface area contributed by atoms with Gasteiger partial charge in [-0.25, -0.2) is 19.9 Å². The Labute approximate surface area is 199 Å². The standard InChI is InChI=1S/C23H15F4N7O2/c1-11(31-22(35)18-8-16(29-10-30-18)13-3-2-6-28-20(13)24)15-9-19(36-34-15)21-32-14-5-4-12(23(25,26)27)7-17(14)33-21/h2-11H,1H3,(H,31,35)(H,32,33)/t11-/m1/s1. The summed E-state index contributed by atoms with van der Waals surface area (Å²) in [5.74, 6) is -0.942. The Morgan fingerprint density at radius 1 is 1.11 bits per heavy atom. The van der Waals surface area contributed by atoms with Crippen LogP contribution in [0.25, 0.3) is 33.9 Å². The molecule has 0 unspecified atom stereocenters. The second kappa shape index (κ2) is 8.83. The number of benzene rings is 1. The number of imidazole rings is 1. The van der Waals surface area contributed by atoms with Gasteiger partial charge in [0, 0.05) is 12.3 Å². The highest BCUT2D eigenvalue weighted by Crippen LogP contribution is 2.32. The number of hydrogen-bond acceptors (Lipinski definition) is 7. The topological polar surface area (TPSA) is 122 Å². The summed E-state index contributed by atoms with van der Waals surface area (Å²) in [6.45, 7) is 1.65. The third-order valence-electron chi connectivity index (χ3n) is 5.30. The molecule has 1 atom stereocenters. The van der Waals surface area contributed by atoms with Crippen LogP contribution in [0.3, 0.4) is 0 Å². The minimum absolute atomic E-state index is 0.00317. The van der Waals surface area contributed by atoms with Crippen LogP contribution < -0.4 is 5.32 Å². The van der Waals surface area contributed by atoms with Crippen LogP contribution in [0.15, 0.2) is 59.5 Å². The van der Waals surface area contributed by atoms with Crippen molar-refractivity contribution in [2.75, 3.05) is 0 Å². The van der Waals surface area contributed by atoms with Gasteiger partial charge in [-0.05, 0) is 43.3 Å². The number of carbonyl (C=O) groups excluding carboxylic acids is 1. The summed E-state index contributed by atoms with van der Waals surface area (Å²) < 4.78 is 58.2. The van der Waals surface area contributed by atoms with Crippen molar-refractivity contribution in [2.24, 2.45) is 0 Å². The van der Waals surface area contributed by atoms with Crippen molar-refractivity contribution >= 4 is 16.9 Å². The molecule has 0 spiro atoms. The van der Waals surface area contributed by atoms with Gasteiger partial charge in [0.15, 0.2) is 5.82 Å². The number of aromatic nitrogens is 6. The van der Waals surface area contributed by atoms with Crippen molar-refractivity contribution in [3.8, 4) is 22.8 Å². The van der Waals surface area contributed by atoms with E-state index in [9.17, 15) is 22.4 Å². The van der Waals surface area contributed by atoms with Crippen LogP contribution in [-0.2, 0) is 6.18 Å². The lowest BCUT2D eigenvalue weighted by molar-refractivity contribution is -0.137. The maximum Gasteiger partial charge on any atom is 0.416 e. The molecule has 5 rings (SSSR count). The Balaban J connectivity index is 1.33. The number of alkyl halides is 3. The van der Waals surface area contributed by atoms with Crippen LogP contribution >= 0.6 is 0 Å². The molecule has 0 saturated heterocycles. The normalized spacial score (nSPS) is 12.6. The molecule has 1 aromatic carbocycles. The number of carbonyl (C=O) groups is 1. The van der Waals surface area contributed by atoms with Crippen LogP contribution in [-0.4, -0.2) is 36.0 Å². The predicted octanol–water partition coefficient (Wildman–Crippen LogP) is 4.72. The molecule has 0 saturated carbocycles. The first kappa shape index (κ1) is 23.1. The van der Waals surface area contributed by atoms with Crippen LogP contribution in [0.5, 0.6) is 0 Å². The maximum atomic E-state index is 14.0. The summed E-state index contributed by atoms with van der Waals surface area (Å²) >= 11 is 0. The number of nitrogens with one attached hydrogen (secondary N) is 2. The number of amides is 1. The number of H-pyrrole nitrogens is 1. The van der Waals surface area contributed by atoms with Crippen molar-refractivity contribution in [1.82, 2.24) is 35.4 Å². The SMILES string of the molecule is C[C@@H](NC(=O)c1cc(-c2cccnc2F)ncn1)c1cc(-c2nc3ccc(C(F)(F)F)cc3[nH]2)on1. The minimum atomic E-state index is -4.48. The largest absolute Gasteiger partial charge is 0.416 e. The van der Waals surface area contributed by atoms with Gasteiger partial charge >= 0.3 is 6.18 Å². The van der Waals surface area contributed by atoms with Gasteiger partial charge in [0.1, 0.15) is 17.7 Å². The fourth-order valence-electron chi connectivity index (χ4n) is 3.46. The van der Waals surface area contributed by atoms with Gasteiger partial charge in [-0.2, -0.15) is 17.6 Å². The van der Waals surface area contributed by atoms with E-state index in [1.807, 2.05) is 0 Å². The zero-order chi connectivity index (χ0) is 25.4. The molecule has 0 bridgehead atoms. The molecule has 5 aromatic rings. The Hall–Kier alpha value is -4.68. The number of hydrogen-bond donors (Lipinski definition) is 2. The van der Waals surface area contributed by atoms with Gasteiger partial charge in [-0.3, -0.25) is 4.79 Å². The predicted molar refractivity (Wildman–Crippen MR) is 118 cm³/mol. The molecule has 2 N–H and O–H groups in total. The van der Waals surface area contributed by atoms with E-state index in [0.29, 0.717) is 11.2 Å². The van der Waals surface area contributed by atoms with E-state index in [1.165, 1.54) is 30.5 Å². The Morgan fingerprint density at radius 2 is 1.94 bits per heavy atom. The molecule has 0 aliphatic carbocycles. The molecule has 182 valence electrons. The van der Waals surface area contributed by atoms with Crippen molar-refractivity contribution in [1.29, 1.82) is 0 Å². The van der Waals surface area contributed by atoms with Gasteiger partial charge in [0.2, 0.25) is 11.7 Å². The number of aromatic amines is 1. The van der Waals surface area contributed by atoms with E-state index in [1.54, 1.807) is 13.0 Å². The summed E-state index contributed by atoms with van der Waals surface area (Å²) in [5, 5.41) is 6.63. The summed E-state index contributed by atoms with van der Waals surface area (Å²) in [6.07, 6.45) is -2.04. The van der Waals surface area contributed by atoms with E-state index < -0.39 is 29.6 Å². The molecular weight excluding hydrogens is 482 g/mol. The third kappa shape index (κ3) is 4.50. The first-order valence-electron chi connectivity index (χ1n) is 10.5. The molecule has 0 fully saturated rings. The highest BCUT2D eigenvalue weighted by molar-refractivity contribution is 5.93. The van der Waals surface area contributed by atoms with Crippen LogP contribution in [0.2, 0.25) is 0 Å². The fourth-order valence-corrected chi connectivity index (χ4v) is 3.46. The summed E-state index contributed by atoms with van der Waals surface area (Å²) in [4.78, 5) is 31.2. The molecule has 0 aliphatic heterocycles. The van der Waals surface area contributed by atoms with Gasteiger partial charge in [0.25, 0.3) is 5.91 Å². The Morgan fingerprint density at radius 3 is 2.72 bits per heavy atom. The molecule has 1 amide bonds. The molecule has 0 radical (unpaired) electrons. The third-order valence-corrected chi connectivity index (χ3v) is 5.30. The van der Waals surface area contributed by atoms with E-state index >= 15 is 0 Å². The van der Waals surface area contributed by atoms with E-state index in [4.69, 9.17) is 4.52 Å². The second-order valence-electron chi connectivity index (χ2n) is 7.76.